The van der Waals surface area contributed by atoms with E-state index in [0.717, 1.165) is 12.1 Å². The third-order valence-corrected chi connectivity index (χ3v) is 3.79. The molecule has 0 fully saturated rings. The molecule has 0 amide bonds. The van der Waals surface area contributed by atoms with Crippen LogP contribution in [0.5, 0.6) is 0 Å². The number of carboxylic acids is 1. The normalized spacial score (nSPS) is 12.0. The van der Waals surface area contributed by atoms with Crippen LogP contribution in [0.1, 0.15) is 15.9 Å². The van der Waals surface area contributed by atoms with Crippen LogP contribution in [-0.4, -0.2) is 24.5 Å². The SMILES string of the molecule is NS(=O)(=O)c1cccnc1Nc1cc(C(=O)O)cc(C(F)(F)F)c1. The predicted molar refractivity (Wildman–Crippen MR) is 77.3 cm³/mol. The molecule has 0 saturated heterocycles. The van der Waals surface area contributed by atoms with Gasteiger partial charge < -0.3 is 10.4 Å². The molecule has 2 rings (SSSR count). The molecule has 7 nitrogen and oxygen atoms in total. The Hall–Kier alpha value is -2.66. The van der Waals surface area contributed by atoms with Crippen LogP contribution in [0.4, 0.5) is 24.7 Å². The number of rotatable bonds is 4. The van der Waals surface area contributed by atoms with E-state index in [1.54, 1.807) is 0 Å². The summed E-state index contributed by atoms with van der Waals surface area (Å²) >= 11 is 0. The smallest absolute Gasteiger partial charge is 0.416 e. The summed E-state index contributed by atoms with van der Waals surface area (Å²) in [6.45, 7) is 0. The average molecular weight is 361 g/mol. The molecule has 0 saturated carbocycles. The van der Waals surface area contributed by atoms with Crippen molar-refractivity contribution in [3.05, 3.63) is 47.7 Å². The number of carboxylic acid groups (broad SMARTS) is 1. The van der Waals surface area contributed by atoms with E-state index in [4.69, 9.17) is 10.2 Å². The van der Waals surface area contributed by atoms with Gasteiger partial charge in [0.2, 0.25) is 10.0 Å². The lowest BCUT2D eigenvalue weighted by Gasteiger charge is -2.13. The Kier molecular flexibility index (Phi) is 4.49. The maximum Gasteiger partial charge on any atom is 0.416 e. The van der Waals surface area contributed by atoms with Gasteiger partial charge in [0.05, 0.1) is 11.1 Å². The number of primary sulfonamides is 1. The Morgan fingerprint density at radius 1 is 1.25 bits per heavy atom. The number of sulfonamides is 1. The highest BCUT2D eigenvalue weighted by Gasteiger charge is 2.32. The third-order valence-electron chi connectivity index (χ3n) is 2.85. The summed E-state index contributed by atoms with van der Waals surface area (Å²) in [7, 11) is -4.18. The zero-order chi connectivity index (χ0) is 18.1. The Morgan fingerprint density at radius 3 is 2.46 bits per heavy atom. The number of anilines is 2. The van der Waals surface area contributed by atoms with Crippen molar-refractivity contribution in [1.82, 2.24) is 4.98 Å². The van der Waals surface area contributed by atoms with Crippen LogP contribution >= 0.6 is 0 Å². The molecule has 1 aromatic heterocycles. The quantitative estimate of drug-likeness (QED) is 0.767. The second kappa shape index (κ2) is 6.09. The molecule has 0 bridgehead atoms. The lowest BCUT2D eigenvalue weighted by atomic mass is 10.1. The van der Waals surface area contributed by atoms with Gasteiger partial charge in [-0.05, 0) is 30.3 Å². The second-order valence-electron chi connectivity index (χ2n) is 4.62. The maximum absolute atomic E-state index is 12.9. The molecule has 0 atom stereocenters. The van der Waals surface area contributed by atoms with Crippen molar-refractivity contribution < 1.29 is 31.5 Å². The van der Waals surface area contributed by atoms with Crippen molar-refractivity contribution in [2.24, 2.45) is 5.14 Å². The monoisotopic (exact) mass is 361 g/mol. The van der Waals surface area contributed by atoms with Crippen molar-refractivity contribution in [2.45, 2.75) is 11.1 Å². The second-order valence-corrected chi connectivity index (χ2v) is 6.15. The molecule has 1 aromatic carbocycles. The number of carbonyl (C=O) groups is 1. The number of alkyl halides is 3. The van der Waals surface area contributed by atoms with Crippen LogP contribution in [0.15, 0.2) is 41.4 Å². The number of hydrogen-bond acceptors (Lipinski definition) is 5. The Morgan fingerprint density at radius 2 is 1.92 bits per heavy atom. The van der Waals surface area contributed by atoms with Crippen molar-refractivity contribution in [1.29, 1.82) is 0 Å². The molecular weight excluding hydrogens is 351 g/mol. The molecule has 11 heteroatoms. The molecule has 0 aliphatic carbocycles. The van der Waals surface area contributed by atoms with Gasteiger partial charge in [-0.2, -0.15) is 13.2 Å². The number of pyridine rings is 1. The molecular formula is C13H10F3N3O4S. The predicted octanol–water partition coefficient (Wildman–Crippen LogP) is 2.19. The fourth-order valence-corrected chi connectivity index (χ4v) is 2.48. The van der Waals surface area contributed by atoms with Crippen molar-refractivity contribution in [3.63, 3.8) is 0 Å². The van der Waals surface area contributed by atoms with E-state index >= 15 is 0 Å². The van der Waals surface area contributed by atoms with Crippen molar-refractivity contribution >= 4 is 27.5 Å². The highest BCUT2D eigenvalue weighted by Crippen LogP contribution is 2.33. The highest BCUT2D eigenvalue weighted by atomic mass is 32.2. The van der Waals surface area contributed by atoms with E-state index in [9.17, 15) is 26.4 Å². The molecule has 2 aromatic rings. The van der Waals surface area contributed by atoms with Crippen LogP contribution in [0.25, 0.3) is 0 Å². The molecule has 128 valence electrons. The van der Waals surface area contributed by atoms with Gasteiger partial charge in [0.1, 0.15) is 4.90 Å². The van der Waals surface area contributed by atoms with Gasteiger partial charge in [-0.3, -0.25) is 0 Å². The van der Waals surface area contributed by atoms with Gasteiger partial charge in [-0.25, -0.2) is 23.3 Å². The molecule has 1 heterocycles. The number of aromatic carboxylic acids is 1. The molecule has 0 spiro atoms. The average Bonchev–Trinajstić information content (AvgIpc) is 2.45. The van der Waals surface area contributed by atoms with Gasteiger partial charge in [0.15, 0.2) is 5.82 Å². The van der Waals surface area contributed by atoms with E-state index in [-0.39, 0.29) is 11.5 Å². The van der Waals surface area contributed by atoms with E-state index in [1.807, 2.05) is 0 Å². The number of nitrogens with zero attached hydrogens (tertiary/aromatic N) is 1. The largest absolute Gasteiger partial charge is 0.478 e. The topological polar surface area (TPSA) is 122 Å². The van der Waals surface area contributed by atoms with E-state index in [0.29, 0.717) is 12.1 Å². The number of benzene rings is 1. The molecule has 0 aliphatic heterocycles. The zero-order valence-electron chi connectivity index (χ0n) is 11.7. The maximum atomic E-state index is 12.9. The van der Waals surface area contributed by atoms with Gasteiger partial charge in [0, 0.05) is 11.9 Å². The van der Waals surface area contributed by atoms with Gasteiger partial charge in [-0.15, -0.1) is 0 Å². The summed E-state index contributed by atoms with van der Waals surface area (Å²) < 4.78 is 61.5. The third kappa shape index (κ3) is 4.00. The fourth-order valence-electron chi connectivity index (χ4n) is 1.84. The Balaban J connectivity index is 2.55. The Labute approximate surface area is 134 Å². The van der Waals surface area contributed by atoms with E-state index in [1.165, 1.54) is 12.3 Å². The minimum atomic E-state index is -4.78. The summed E-state index contributed by atoms with van der Waals surface area (Å²) in [6, 6.07) is 4.40. The number of hydrogen-bond donors (Lipinski definition) is 3. The number of aromatic nitrogens is 1. The summed E-state index contributed by atoms with van der Waals surface area (Å²) in [6.07, 6.45) is -3.59. The highest BCUT2D eigenvalue weighted by molar-refractivity contribution is 7.89. The van der Waals surface area contributed by atoms with Crippen molar-refractivity contribution in [2.75, 3.05) is 5.32 Å². The van der Waals surface area contributed by atoms with E-state index < -0.39 is 38.2 Å². The Bertz CT molecular complexity index is 898. The first kappa shape index (κ1) is 17.7. The minimum Gasteiger partial charge on any atom is -0.478 e. The molecule has 0 aliphatic rings. The van der Waals surface area contributed by atoms with Gasteiger partial charge in [0.25, 0.3) is 0 Å². The fraction of sp³-hybridized carbons (Fsp3) is 0.0769. The summed E-state index contributed by atoms with van der Waals surface area (Å²) in [5, 5.41) is 16.3. The lowest BCUT2D eigenvalue weighted by molar-refractivity contribution is -0.137. The first-order valence-electron chi connectivity index (χ1n) is 6.19. The first-order valence-corrected chi connectivity index (χ1v) is 7.73. The summed E-state index contributed by atoms with van der Waals surface area (Å²) in [4.78, 5) is 14.2. The number of nitrogens with two attached hydrogens (primary N) is 1. The zero-order valence-corrected chi connectivity index (χ0v) is 12.5. The minimum absolute atomic E-state index is 0.300. The molecule has 0 radical (unpaired) electrons. The first-order chi connectivity index (χ1) is 11.0. The van der Waals surface area contributed by atoms with Crippen molar-refractivity contribution in [3.8, 4) is 0 Å². The van der Waals surface area contributed by atoms with Crippen LogP contribution in [-0.2, 0) is 16.2 Å². The molecule has 24 heavy (non-hydrogen) atoms. The summed E-state index contributed by atoms with van der Waals surface area (Å²) in [5.41, 5.74) is -2.13. The molecule has 0 unspecified atom stereocenters. The van der Waals surface area contributed by atoms with Crippen LogP contribution in [0, 0.1) is 0 Å². The van der Waals surface area contributed by atoms with E-state index in [2.05, 4.69) is 10.3 Å². The van der Waals surface area contributed by atoms with Gasteiger partial charge >= 0.3 is 12.1 Å². The standard InChI is InChI=1S/C13H10F3N3O4S/c14-13(15,16)8-4-7(12(20)21)5-9(6-8)19-11-10(24(17,22)23)2-1-3-18-11/h1-6H,(H,18,19)(H,20,21)(H2,17,22,23). The van der Waals surface area contributed by atoms with Crippen LogP contribution < -0.4 is 10.5 Å². The van der Waals surface area contributed by atoms with Crippen LogP contribution in [0.3, 0.4) is 0 Å². The van der Waals surface area contributed by atoms with Crippen LogP contribution in [0.2, 0.25) is 0 Å². The lowest BCUT2D eigenvalue weighted by Crippen LogP contribution is -2.15. The number of halogens is 3. The number of nitrogens with one attached hydrogen (secondary N) is 1. The summed E-state index contributed by atoms with van der Waals surface area (Å²) in [5.74, 6) is -1.90. The van der Waals surface area contributed by atoms with Gasteiger partial charge in [-0.1, -0.05) is 0 Å². The molecule has 4 N–H and O–H groups in total.